The molecule has 0 bridgehead atoms. The third-order valence-electron chi connectivity index (χ3n) is 4.58. The van der Waals surface area contributed by atoms with Crippen LogP contribution in [0.2, 0.25) is 0 Å². The lowest BCUT2D eigenvalue weighted by atomic mass is 10.1. The van der Waals surface area contributed by atoms with Crippen LogP contribution in [-0.4, -0.2) is 20.6 Å². The lowest BCUT2D eigenvalue weighted by Crippen LogP contribution is -2.25. The van der Waals surface area contributed by atoms with E-state index in [0.29, 0.717) is 21.8 Å². The Hall–Kier alpha value is -3.26. The van der Waals surface area contributed by atoms with Gasteiger partial charge in [0.05, 0.1) is 29.0 Å². The summed E-state index contributed by atoms with van der Waals surface area (Å²) in [6, 6.07) is 13.4. The van der Waals surface area contributed by atoms with Crippen LogP contribution in [0.3, 0.4) is 0 Å². The van der Waals surface area contributed by atoms with Gasteiger partial charge in [0.1, 0.15) is 5.76 Å². The number of nitrogens with zero attached hydrogens (tertiary/aromatic N) is 2. The van der Waals surface area contributed by atoms with Crippen molar-refractivity contribution < 1.29 is 18.0 Å². The van der Waals surface area contributed by atoms with E-state index in [1.165, 1.54) is 16.9 Å². The fourth-order valence-corrected chi connectivity index (χ4v) is 4.02. The summed E-state index contributed by atoms with van der Waals surface area (Å²) < 4.78 is 33.5. The van der Waals surface area contributed by atoms with Crippen LogP contribution in [0.5, 0.6) is 0 Å². The number of thioether (sulfide) groups is 1. The van der Waals surface area contributed by atoms with Crippen LogP contribution in [0, 0.1) is 11.6 Å². The van der Waals surface area contributed by atoms with Crippen molar-refractivity contribution in [2.45, 2.75) is 23.9 Å². The molecule has 5 nitrogen and oxygen atoms in total. The molecule has 0 aliphatic rings. The van der Waals surface area contributed by atoms with Crippen LogP contribution in [0.15, 0.2) is 75.2 Å². The van der Waals surface area contributed by atoms with Crippen molar-refractivity contribution in [3.8, 4) is 0 Å². The Balaban J connectivity index is 1.72. The monoisotopic (exact) mass is 426 g/mol. The molecule has 0 aliphatic heterocycles. The molecular formula is C22H16F2N2O3S. The maximum atomic E-state index is 13.5. The topological polar surface area (TPSA) is 65.1 Å². The van der Waals surface area contributed by atoms with E-state index in [-0.39, 0.29) is 17.7 Å². The number of carbonyl (C=O) groups is 1. The van der Waals surface area contributed by atoms with E-state index < -0.39 is 22.7 Å². The summed E-state index contributed by atoms with van der Waals surface area (Å²) in [6.45, 7) is 1.78. The first-order valence-corrected chi connectivity index (χ1v) is 10.00. The molecule has 152 valence electrons. The van der Waals surface area contributed by atoms with E-state index in [1.54, 1.807) is 43.3 Å². The summed E-state index contributed by atoms with van der Waals surface area (Å²) in [4.78, 5) is 30.4. The van der Waals surface area contributed by atoms with Gasteiger partial charge < -0.3 is 4.42 Å². The standard InChI is InChI=1S/C22H16F2N2O3S/c1-13(20(27)14-8-9-17(23)18(24)11-14)30-22-25-19-7-3-2-6-16(19)21(28)26(22)12-15-5-4-10-29-15/h2-11,13H,12H2,1H3/t13-/m1/s1. The summed E-state index contributed by atoms with van der Waals surface area (Å²) in [7, 11) is 0. The van der Waals surface area contributed by atoms with E-state index >= 15 is 0 Å². The number of hydrogen-bond acceptors (Lipinski definition) is 5. The van der Waals surface area contributed by atoms with Crippen LogP contribution >= 0.6 is 11.8 Å². The fraction of sp³-hybridized carbons (Fsp3) is 0.136. The van der Waals surface area contributed by atoms with Gasteiger partial charge in [-0.25, -0.2) is 13.8 Å². The van der Waals surface area contributed by atoms with Gasteiger partial charge in [0.15, 0.2) is 22.6 Å². The molecule has 1 atom stereocenters. The molecule has 30 heavy (non-hydrogen) atoms. The molecule has 0 aliphatic carbocycles. The van der Waals surface area contributed by atoms with Gasteiger partial charge in [-0.3, -0.25) is 14.2 Å². The first kappa shape index (κ1) is 20.0. The Morgan fingerprint density at radius 2 is 1.93 bits per heavy atom. The summed E-state index contributed by atoms with van der Waals surface area (Å²) in [5.74, 6) is -1.94. The zero-order chi connectivity index (χ0) is 21.3. The third-order valence-corrected chi connectivity index (χ3v) is 5.67. The number of Topliss-reactive ketones (excluding diaryl/α,β-unsaturated/α-hetero) is 1. The van der Waals surface area contributed by atoms with E-state index in [9.17, 15) is 18.4 Å². The van der Waals surface area contributed by atoms with Crippen LogP contribution in [0.25, 0.3) is 10.9 Å². The molecule has 2 aromatic carbocycles. The van der Waals surface area contributed by atoms with E-state index in [0.717, 1.165) is 23.9 Å². The largest absolute Gasteiger partial charge is 0.467 e. The molecule has 0 radical (unpaired) electrons. The van der Waals surface area contributed by atoms with Gasteiger partial charge in [-0.05, 0) is 49.4 Å². The molecule has 0 fully saturated rings. The lowest BCUT2D eigenvalue weighted by Gasteiger charge is -2.15. The van der Waals surface area contributed by atoms with Crippen LogP contribution in [0.4, 0.5) is 8.78 Å². The zero-order valence-electron chi connectivity index (χ0n) is 15.8. The maximum absolute atomic E-state index is 13.5. The number of para-hydroxylation sites is 1. The van der Waals surface area contributed by atoms with E-state index in [2.05, 4.69) is 4.98 Å². The van der Waals surface area contributed by atoms with Crippen molar-refractivity contribution in [3.05, 3.63) is 94.2 Å². The number of aromatic nitrogens is 2. The van der Waals surface area contributed by atoms with Crippen LogP contribution in [0.1, 0.15) is 23.0 Å². The first-order valence-electron chi connectivity index (χ1n) is 9.12. The predicted molar refractivity (Wildman–Crippen MR) is 110 cm³/mol. The lowest BCUT2D eigenvalue weighted by molar-refractivity contribution is 0.0993. The van der Waals surface area contributed by atoms with Gasteiger partial charge in [-0.2, -0.15) is 0 Å². The molecule has 0 spiro atoms. The Morgan fingerprint density at radius 1 is 1.13 bits per heavy atom. The van der Waals surface area contributed by atoms with Crippen molar-refractivity contribution in [2.24, 2.45) is 0 Å². The number of halogens is 2. The Labute approximate surface area is 174 Å². The van der Waals surface area contributed by atoms with Gasteiger partial charge in [0.25, 0.3) is 5.56 Å². The highest BCUT2D eigenvalue weighted by Crippen LogP contribution is 2.26. The molecule has 4 aromatic rings. The number of ketones is 1. The number of furan rings is 1. The average molecular weight is 426 g/mol. The summed E-state index contributed by atoms with van der Waals surface area (Å²) >= 11 is 1.08. The van der Waals surface area contributed by atoms with Crippen molar-refractivity contribution >= 4 is 28.4 Å². The molecule has 0 N–H and O–H groups in total. The van der Waals surface area contributed by atoms with Crippen LogP contribution < -0.4 is 5.56 Å². The SMILES string of the molecule is C[C@@H](Sc1nc2ccccc2c(=O)n1Cc1ccco1)C(=O)c1ccc(F)c(F)c1. The molecule has 0 saturated carbocycles. The number of benzene rings is 2. The third kappa shape index (κ3) is 3.91. The molecule has 8 heteroatoms. The average Bonchev–Trinajstić information content (AvgIpc) is 3.25. The molecule has 2 heterocycles. The minimum absolute atomic E-state index is 0.0506. The molecule has 0 unspecified atom stereocenters. The maximum Gasteiger partial charge on any atom is 0.262 e. The second-order valence-corrected chi connectivity index (χ2v) is 7.94. The van der Waals surface area contributed by atoms with E-state index in [1.807, 2.05) is 0 Å². The Morgan fingerprint density at radius 3 is 2.67 bits per heavy atom. The highest BCUT2D eigenvalue weighted by molar-refractivity contribution is 8.00. The quantitative estimate of drug-likeness (QED) is 0.254. The molecule has 0 amide bonds. The molecule has 0 saturated heterocycles. The second-order valence-electron chi connectivity index (χ2n) is 6.64. The number of hydrogen-bond donors (Lipinski definition) is 0. The fourth-order valence-electron chi connectivity index (χ4n) is 3.03. The minimum atomic E-state index is -1.09. The van der Waals surface area contributed by atoms with Gasteiger partial charge in [-0.15, -0.1) is 0 Å². The first-order chi connectivity index (χ1) is 14.4. The smallest absolute Gasteiger partial charge is 0.262 e. The van der Waals surface area contributed by atoms with Crippen molar-refractivity contribution in [2.75, 3.05) is 0 Å². The van der Waals surface area contributed by atoms with E-state index in [4.69, 9.17) is 4.42 Å². The summed E-state index contributed by atoms with van der Waals surface area (Å²) in [5.41, 5.74) is 0.301. The zero-order valence-corrected chi connectivity index (χ0v) is 16.7. The molecular weight excluding hydrogens is 410 g/mol. The van der Waals surface area contributed by atoms with Gasteiger partial charge in [-0.1, -0.05) is 23.9 Å². The number of fused-ring (bicyclic) bond motifs is 1. The minimum Gasteiger partial charge on any atom is -0.467 e. The summed E-state index contributed by atoms with van der Waals surface area (Å²) in [5, 5.41) is 0.0947. The predicted octanol–water partition coefficient (Wildman–Crippen LogP) is 4.68. The highest BCUT2D eigenvalue weighted by Gasteiger charge is 2.22. The van der Waals surface area contributed by atoms with Gasteiger partial charge >= 0.3 is 0 Å². The number of carbonyl (C=O) groups excluding carboxylic acids is 1. The molecule has 4 rings (SSSR count). The molecule has 2 aromatic heterocycles. The Kier molecular flexibility index (Phi) is 5.50. The van der Waals surface area contributed by atoms with Crippen molar-refractivity contribution in [1.29, 1.82) is 0 Å². The van der Waals surface area contributed by atoms with Gasteiger partial charge in [0, 0.05) is 5.56 Å². The van der Waals surface area contributed by atoms with Crippen molar-refractivity contribution in [1.82, 2.24) is 9.55 Å². The van der Waals surface area contributed by atoms with Crippen molar-refractivity contribution in [3.63, 3.8) is 0 Å². The number of rotatable bonds is 6. The second kappa shape index (κ2) is 8.23. The normalized spacial score (nSPS) is 12.2. The van der Waals surface area contributed by atoms with Crippen LogP contribution in [-0.2, 0) is 6.54 Å². The Bertz CT molecular complexity index is 1290. The van der Waals surface area contributed by atoms with Gasteiger partial charge in [0.2, 0.25) is 0 Å². The highest BCUT2D eigenvalue weighted by atomic mass is 32.2. The summed E-state index contributed by atoms with van der Waals surface area (Å²) in [6.07, 6.45) is 1.51.